The fraction of sp³-hybridized carbons (Fsp3) is 0.615. The molecule has 0 bridgehead atoms. The first-order valence-corrected chi connectivity index (χ1v) is 6.73. The average Bonchev–Trinajstić information content (AvgIpc) is 3.05. The Morgan fingerprint density at radius 1 is 1.47 bits per heavy atom. The zero-order valence-corrected chi connectivity index (χ0v) is 11.4. The number of nitrogens with zero attached hydrogens (tertiary/aromatic N) is 2. The fourth-order valence-corrected chi connectivity index (χ4v) is 2.26. The Bertz CT molecular complexity index is 463. The standard InChI is InChI=1S/C13H20N4O2/c1-3-10(11-14-8-9(2)15-11)16-12(18)13(19)17-6-4-5-7-17/h8,10H,3-7H2,1-2H3,(H,14,15)(H,16,18). The molecule has 0 radical (unpaired) electrons. The highest BCUT2D eigenvalue weighted by molar-refractivity contribution is 6.35. The molecule has 1 saturated heterocycles. The van der Waals surface area contributed by atoms with Gasteiger partial charge in [0.1, 0.15) is 5.82 Å². The number of amides is 2. The van der Waals surface area contributed by atoms with Gasteiger partial charge in [0.15, 0.2) is 0 Å². The van der Waals surface area contributed by atoms with Crippen LogP contribution < -0.4 is 5.32 Å². The molecule has 1 aliphatic heterocycles. The second-order valence-electron chi connectivity index (χ2n) is 4.89. The molecule has 2 amide bonds. The van der Waals surface area contributed by atoms with Crippen LogP contribution in [0.15, 0.2) is 6.20 Å². The van der Waals surface area contributed by atoms with E-state index in [1.807, 2.05) is 13.8 Å². The van der Waals surface area contributed by atoms with E-state index in [9.17, 15) is 9.59 Å². The van der Waals surface area contributed by atoms with Crippen LogP contribution in [0.3, 0.4) is 0 Å². The van der Waals surface area contributed by atoms with Crippen molar-refractivity contribution >= 4 is 11.8 Å². The van der Waals surface area contributed by atoms with Gasteiger partial charge in [0.2, 0.25) is 0 Å². The van der Waals surface area contributed by atoms with Crippen molar-refractivity contribution in [2.45, 2.75) is 39.2 Å². The number of nitrogens with one attached hydrogen (secondary N) is 2. The number of aromatic nitrogens is 2. The van der Waals surface area contributed by atoms with Gasteiger partial charge in [0, 0.05) is 25.0 Å². The maximum absolute atomic E-state index is 11.9. The smallest absolute Gasteiger partial charge is 0.311 e. The summed E-state index contributed by atoms with van der Waals surface area (Å²) in [6.45, 7) is 5.22. The molecule has 1 atom stereocenters. The number of hydrogen-bond donors (Lipinski definition) is 2. The zero-order valence-electron chi connectivity index (χ0n) is 11.4. The normalized spacial score (nSPS) is 16.4. The van der Waals surface area contributed by atoms with Crippen LogP contribution >= 0.6 is 0 Å². The van der Waals surface area contributed by atoms with E-state index in [4.69, 9.17) is 0 Å². The van der Waals surface area contributed by atoms with Gasteiger partial charge < -0.3 is 15.2 Å². The molecular formula is C13H20N4O2. The molecule has 2 N–H and O–H groups in total. The maximum atomic E-state index is 11.9. The van der Waals surface area contributed by atoms with E-state index in [-0.39, 0.29) is 6.04 Å². The summed E-state index contributed by atoms with van der Waals surface area (Å²) in [5.74, 6) is -0.274. The van der Waals surface area contributed by atoms with Gasteiger partial charge >= 0.3 is 11.8 Å². The van der Waals surface area contributed by atoms with Gasteiger partial charge in [-0.15, -0.1) is 0 Å². The molecular weight excluding hydrogens is 244 g/mol. The Hall–Kier alpha value is -1.85. The third kappa shape index (κ3) is 3.13. The van der Waals surface area contributed by atoms with Gasteiger partial charge in [-0.3, -0.25) is 9.59 Å². The Morgan fingerprint density at radius 3 is 2.68 bits per heavy atom. The minimum Gasteiger partial charge on any atom is -0.344 e. The topological polar surface area (TPSA) is 78.1 Å². The van der Waals surface area contributed by atoms with E-state index < -0.39 is 11.8 Å². The predicted molar refractivity (Wildman–Crippen MR) is 70.3 cm³/mol. The molecule has 19 heavy (non-hydrogen) atoms. The predicted octanol–water partition coefficient (Wildman–Crippen LogP) is 0.908. The molecule has 0 saturated carbocycles. The van der Waals surface area contributed by atoms with Crippen molar-refractivity contribution in [1.82, 2.24) is 20.2 Å². The zero-order chi connectivity index (χ0) is 13.8. The summed E-state index contributed by atoms with van der Waals surface area (Å²) in [7, 11) is 0. The van der Waals surface area contributed by atoms with Crippen LogP contribution in [0, 0.1) is 6.92 Å². The highest BCUT2D eigenvalue weighted by atomic mass is 16.2. The maximum Gasteiger partial charge on any atom is 0.311 e. The molecule has 1 aromatic rings. The minimum absolute atomic E-state index is 0.243. The summed E-state index contributed by atoms with van der Waals surface area (Å²) >= 11 is 0. The van der Waals surface area contributed by atoms with Crippen molar-refractivity contribution in [2.75, 3.05) is 13.1 Å². The Labute approximate surface area is 112 Å². The van der Waals surface area contributed by atoms with Crippen molar-refractivity contribution in [3.05, 3.63) is 17.7 Å². The lowest BCUT2D eigenvalue weighted by atomic mass is 10.2. The number of carbonyl (C=O) groups excluding carboxylic acids is 2. The van der Waals surface area contributed by atoms with E-state index in [0.717, 1.165) is 18.5 Å². The van der Waals surface area contributed by atoms with Crippen LogP contribution in [0.1, 0.15) is 43.7 Å². The lowest BCUT2D eigenvalue weighted by Gasteiger charge is -2.18. The number of aromatic amines is 1. The number of H-pyrrole nitrogens is 1. The number of hydrogen-bond acceptors (Lipinski definition) is 3. The number of rotatable bonds is 3. The van der Waals surface area contributed by atoms with Gasteiger partial charge in [-0.2, -0.15) is 0 Å². The molecule has 1 unspecified atom stereocenters. The number of carbonyl (C=O) groups is 2. The van der Waals surface area contributed by atoms with Crippen molar-refractivity contribution in [3.63, 3.8) is 0 Å². The molecule has 0 spiro atoms. The molecule has 0 aliphatic carbocycles. The first-order chi connectivity index (χ1) is 9.11. The van der Waals surface area contributed by atoms with Crippen LogP contribution in [0.25, 0.3) is 0 Å². The SMILES string of the molecule is CCC(NC(=O)C(=O)N1CCCC1)c1ncc(C)[nH]1. The van der Waals surface area contributed by atoms with Gasteiger partial charge in [0.05, 0.1) is 6.04 Å². The van der Waals surface area contributed by atoms with Crippen molar-refractivity contribution in [3.8, 4) is 0 Å². The molecule has 0 aromatic carbocycles. The van der Waals surface area contributed by atoms with E-state index in [2.05, 4.69) is 15.3 Å². The Kier molecular flexibility index (Phi) is 4.19. The van der Waals surface area contributed by atoms with Crippen LogP contribution in [0.4, 0.5) is 0 Å². The third-order valence-electron chi connectivity index (χ3n) is 3.35. The van der Waals surface area contributed by atoms with Crippen molar-refractivity contribution < 1.29 is 9.59 Å². The minimum atomic E-state index is -0.539. The first-order valence-electron chi connectivity index (χ1n) is 6.73. The van der Waals surface area contributed by atoms with Gasteiger partial charge in [-0.25, -0.2) is 4.98 Å². The number of imidazole rings is 1. The Morgan fingerprint density at radius 2 is 2.16 bits per heavy atom. The van der Waals surface area contributed by atoms with Crippen LogP contribution in [-0.2, 0) is 9.59 Å². The van der Waals surface area contributed by atoms with Gasteiger partial charge in [-0.05, 0) is 26.2 Å². The summed E-state index contributed by atoms with van der Waals surface area (Å²) < 4.78 is 0. The summed E-state index contributed by atoms with van der Waals surface area (Å²) in [6, 6.07) is -0.243. The van der Waals surface area contributed by atoms with E-state index in [0.29, 0.717) is 25.3 Å². The number of aryl methyl sites for hydroxylation is 1. The fourth-order valence-electron chi connectivity index (χ4n) is 2.26. The quantitative estimate of drug-likeness (QED) is 0.796. The van der Waals surface area contributed by atoms with Gasteiger partial charge in [-0.1, -0.05) is 6.92 Å². The monoisotopic (exact) mass is 264 g/mol. The third-order valence-corrected chi connectivity index (χ3v) is 3.35. The number of likely N-dealkylation sites (tertiary alicyclic amines) is 1. The van der Waals surface area contributed by atoms with Crippen LogP contribution in [0.5, 0.6) is 0 Å². The van der Waals surface area contributed by atoms with E-state index in [1.54, 1.807) is 11.1 Å². The highest BCUT2D eigenvalue weighted by Crippen LogP contribution is 2.13. The average molecular weight is 264 g/mol. The van der Waals surface area contributed by atoms with Crippen molar-refractivity contribution in [2.24, 2.45) is 0 Å². The molecule has 6 nitrogen and oxygen atoms in total. The van der Waals surface area contributed by atoms with Crippen LogP contribution in [0.2, 0.25) is 0 Å². The second-order valence-corrected chi connectivity index (χ2v) is 4.89. The molecule has 2 rings (SSSR count). The summed E-state index contributed by atoms with van der Waals surface area (Å²) in [6.07, 6.45) is 4.36. The largest absolute Gasteiger partial charge is 0.344 e. The molecule has 1 fully saturated rings. The van der Waals surface area contributed by atoms with Crippen molar-refractivity contribution in [1.29, 1.82) is 0 Å². The Balaban J connectivity index is 1.97. The lowest BCUT2D eigenvalue weighted by molar-refractivity contribution is -0.145. The van der Waals surface area contributed by atoms with E-state index in [1.165, 1.54) is 0 Å². The summed E-state index contributed by atoms with van der Waals surface area (Å²) in [4.78, 5) is 32.8. The lowest BCUT2D eigenvalue weighted by Crippen LogP contribution is -2.43. The van der Waals surface area contributed by atoms with E-state index >= 15 is 0 Å². The highest BCUT2D eigenvalue weighted by Gasteiger charge is 2.26. The second kappa shape index (κ2) is 5.86. The summed E-state index contributed by atoms with van der Waals surface area (Å²) in [5.41, 5.74) is 0.938. The molecule has 2 heterocycles. The summed E-state index contributed by atoms with van der Waals surface area (Å²) in [5, 5.41) is 2.75. The molecule has 104 valence electrons. The molecule has 6 heteroatoms. The van der Waals surface area contributed by atoms with Gasteiger partial charge in [0.25, 0.3) is 0 Å². The molecule has 1 aliphatic rings. The molecule has 1 aromatic heterocycles. The van der Waals surface area contributed by atoms with Crippen LogP contribution in [-0.4, -0.2) is 39.8 Å². The first kappa shape index (κ1) is 13.6.